The molecule has 0 saturated heterocycles. The van der Waals surface area contributed by atoms with Gasteiger partial charge in [0.05, 0.1) is 16.9 Å². The average molecular weight is 645 g/mol. The molecule has 0 aliphatic rings. The van der Waals surface area contributed by atoms with Crippen molar-refractivity contribution in [2.24, 2.45) is 0 Å². The van der Waals surface area contributed by atoms with Crippen molar-refractivity contribution in [3.05, 3.63) is 46.5 Å². The first-order valence-electron chi connectivity index (χ1n) is 15.7. The molecule has 0 bridgehead atoms. The fraction of sp³-hybridized carbons (Fsp3) is 0.622. The molecule has 0 radical (unpaired) electrons. The number of ether oxygens (including phenoxy) is 1. The van der Waals surface area contributed by atoms with Gasteiger partial charge in [0.2, 0.25) is 0 Å². The molecule has 0 fully saturated rings. The standard InChI is InChI=1S/C37H56O5S2/c1-15-18-37(14,43-23-19-25(33(2,3)4)31(41)26(20-23)34(5,6)7)44-24-21-27(35(8,9)10)32(28(22-24)36(11,12)13)42-30(40)17-16-29(38)39/h19-22,41H,15-18H2,1-14H3,(H,38,39). The molecule has 1 unspecified atom stereocenters. The molecule has 246 valence electrons. The lowest BCUT2D eigenvalue weighted by Crippen LogP contribution is -2.23. The molecule has 2 aromatic rings. The van der Waals surface area contributed by atoms with Crippen molar-refractivity contribution in [3.63, 3.8) is 0 Å². The number of phenolic OH excluding ortho intramolecular Hbond substituents is 1. The van der Waals surface area contributed by atoms with Crippen LogP contribution in [0.2, 0.25) is 0 Å². The highest BCUT2D eigenvalue weighted by molar-refractivity contribution is 8.18. The molecule has 44 heavy (non-hydrogen) atoms. The summed E-state index contributed by atoms with van der Waals surface area (Å²) in [5, 5.41) is 20.4. The Balaban J connectivity index is 2.71. The predicted molar refractivity (Wildman–Crippen MR) is 187 cm³/mol. The minimum Gasteiger partial charge on any atom is -0.507 e. The van der Waals surface area contributed by atoms with Gasteiger partial charge in [-0.1, -0.05) is 96.4 Å². The fourth-order valence-corrected chi connectivity index (χ4v) is 8.21. The SMILES string of the molecule is CCCC(C)(Sc1cc(C(C)(C)C)c(O)c(C(C)(C)C)c1)Sc1cc(C(C)(C)C)c(OC(=O)CCC(=O)O)c(C(C)(C)C)c1. The molecular formula is C37H56O5S2. The van der Waals surface area contributed by atoms with E-state index in [0.29, 0.717) is 11.5 Å². The van der Waals surface area contributed by atoms with Gasteiger partial charge in [0, 0.05) is 32.0 Å². The van der Waals surface area contributed by atoms with Gasteiger partial charge in [-0.05, 0) is 59.3 Å². The first-order chi connectivity index (χ1) is 19.8. The van der Waals surface area contributed by atoms with Crippen molar-refractivity contribution in [2.45, 2.75) is 158 Å². The van der Waals surface area contributed by atoms with E-state index >= 15 is 0 Å². The third-order valence-corrected chi connectivity index (χ3v) is 10.2. The summed E-state index contributed by atoms with van der Waals surface area (Å²) in [6, 6.07) is 8.60. The third-order valence-electron chi connectivity index (χ3n) is 7.51. The van der Waals surface area contributed by atoms with E-state index in [9.17, 15) is 14.7 Å². The lowest BCUT2D eigenvalue weighted by molar-refractivity contribution is -0.142. The Bertz CT molecular complexity index is 1280. The monoisotopic (exact) mass is 644 g/mol. The molecule has 0 aliphatic heterocycles. The first kappa shape index (κ1) is 38.1. The number of carboxylic acid groups (broad SMARTS) is 1. The molecule has 0 amide bonds. The van der Waals surface area contributed by atoms with Crippen LogP contribution < -0.4 is 4.74 Å². The van der Waals surface area contributed by atoms with Crippen LogP contribution in [0.5, 0.6) is 11.5 Å². The zero-order chi connectivity index (χ0) is 34.1. The van der Waals surface area contributed by atoms with E-state index in [-0.39, 0.29) is 38.6 Å². The van der Waals surface area contributed by atoms with Gasteiger partial charge in [0.25, 0.3) is 0 Å². The number of carboxylic acids is 1. The van der Waals surface area contributed by atoms with Gasteiger partial charge in [0.1, 0.15) is 11.5 Å². The number of esters is 1. The van der Waals surface area contributed by atoms with E-state index < -0.39 is 11.9 Å². The second-order valence-corrected chi connectivity index (χ2v) is 19.6. The maximum atomic E-state index is 12.8. The van der Waals surface area contributed by atoms with Crippen molar-refractivity contribution in [3.8, 4) is 11.5 Å². The predicted octanol–water partition coefficient (Wildman–Crippen LogP) is 10.8. The number of hydrogen-bond donors (Lipinski definition) is 2. The number of benzene rings is 2. The van der Waals surface area contributed by atoms with Crippen LogP contribution in [-0.2, 0) is 31.2 Å². The van der Waals surface area contributed by atoms with Gasteiger partial charge in [-0.15, -0.1) is 23.5 Å². The van der Waals surface area contributed by atoms with Crippen molar-refractivity contribution >= 4 is 35.5 Å². The van der Waals surface area contributed by atoms with E-state index in [1.54, 1.807) is 0 Å². The van der Waals surface area contributed by atoms with Crippen LogP contribution in [-0.4, -0.2) is 26.2 Å². The summed E-state index contributed by atoms with van der Waals surface area (Å²) in [4.78, 5) is 26.1. The zero-order valence-electron chi connectivity index (χ0n) is 29.6. The van der Waals surface area contributed by atoms with Crippen LogP contribution in [0.15, 0.2) is 34.1 Å². The zero-order valence-corrected chi connectivity index (χ0v) is 31.2. The summed E-state index contributed by atoms with van der Waals surface area (Å²) >= 11 is 3.67. The van der Waals surface area contributed by atoms with Gasteiger partial charge in [-0.3, -0.25) is 9.59 Å². The number of carbonyl (C=O) groups is 2. The number of phenols is 1. The van der Waals surface area contributed by atoms with Gasteiger partial charge in [-0.25, -0.2) is 0 Å². The van der Waals surface area contributed by atoms with Gasteiger partial charge >= 0.3 is 11.9 Å². The molecular weight excluding hydrogens is 589 g/mol. The van der Waals surface area contributed by atoms with Crippen LogP contribution in [0.3, 0.4) is 0 Å². The van der Waals surface area contributed by atoms with Gasteiger partial charge < -0.3 is 14.9 Å². The molecule has 0 saturated carbocycles. The Hall–Kier alpha value is -2.12. The number of hydrogen-bond acceptors (Lipinski definition) is 6. The Morgan fingerprint density at radius 3 is 1.34 bits per heavy atom. The highest BCUT2D eigenvalue weighted by atomic mass is 32.2. The molecule has 7 heteroatoms. The molecule has 0 aromatic heterocycles. The Morgan fingerprint density at radius 2 is 1.02 bits per heavy atom. The molecule has 0 aliphatic carbocycles. The lowest BCUT2D eigenvalue weighted by Gasteiger charge is -2.34. The number of thioether (sulfide) groups is 2. The summed E-state index contributed by atoms with van der Waals surface area (Å²) in [6.07, 6.45) is 1.52. The van der Waals surface area contributed by atoms with Crippen LogP contribution in [0.4, 0.5) is 0 Å². The topological polar surface area (TPSA) is 83.8 Å². The summed E-state index contributed by atoms with van der Waals surface area (Å²) in [5.41, 5.74) is 2.68. The van der Waals surface area contributed by atoms with Crippen molar-refractivity contribution in [1.29, 1.82) is 0 Å². The lowest BCUT2D eigenvalue weighted by atomic mass is 9.79. The number of aromatic hydroxyl groups is 1. The van der Waals surface area contributed by atoms with Gasteiger partial charge in [-0.2, -0.15) is 0 Å². The minimum absolute atomic E-state index is 0.177. The fourth-order valence-electron chi connectivity index (χ4n) is 5.15. The maximum absolute atomic E-state index is 12.8. The molecule has 0 spiro atoms. The Morgan fingerprint density at radius 1 is 0.659 bits per heavy atom. The smallest absolute Gasteiger partial charge is 0.311 e. The number of aliphatic carboxylic acids is 1. The van der Waals surface area contributed by atoms with E-state index in [1.807, 2.05) is 23.5 Å². The highest BCUT2D eigenvalue weighted by Crippen LogP contribution is 2.53. The molecule has 1 atom stereocenters. The Kier molecular flexibility index (Phi) is 11.9. The van der Waals surface area contributed by atoms with Crippen LogP contribution in [0.1, 0.15) is 145 Å². The summed E-state index contributed by atoms with van der Waals surface area (Å²) in [7, 11) is 0. The first-order valence-corrected chi connectivity index (χ1v) is 17.3. The molecule has 2 rings (SSSR count). The molecule has 0 heterocycles. The normalized spacial score (nSPS) is 14.3. The van der Waals surface area contributed by atoms with Crippen molar-refractivity contribution in [1.82, 2.24) is 0 Å². The van der Waals surface area contributed by atoms with Crippen molar-refractivity contribution < 1.29 is 24.5 Å². The maximum Gasteiger partial charge on any atom is 0.311 e. The summed E-state index contributed by atoms with van der Waals surface area (Å²) in [6.45, 7) is 30.0. The average Bonchev–Trinajstić information content (AvgIpc) is 2.81. The van der Waals surface area contributed by atoms with E-state index in [1.165, 1.54) is 0 Å². The minimum atomic E-state index is -1.02. The number of carbonyl (C=O) groups excluding carboxylic acids is 1. The largest absolute Gasteiger partial charge is 0.507 e. The summed E-state index contributed by atoms with van der Waals surface area (Å²) in [5.74, 6) is -0.631. The van der Waals surface area contributed by atoms with Crippen LogP contribution in [0, 0.1) is 0 Å². The van der Waals surface area contributed by atoms with Crippen LogP contribution >= 0.6 is 23.5 Å². The third kappa shape index (κ3) is 10.2. The van der Waals surface area contributed by atoms with E-state index in [0.717, 1.165) is 44.9 Å². The molecule has 2 aromatic carbocycles. The van der Waals surface area contributed by atoms with E-state index in [4.69, 9.17) is 9.84 Å². The highest BCUT2D eigenvalue weighted by Gasteiger charge is 2.34. The van der Waals surface area contributed by atoms with E-state index in [2.05, 4.69) is 121 Å². The Labute approximate surface area is 275 Å². The summed E-state index contributed by atoms with van der Waals surface area (Å²) < 4.78 is 5.75. The van der Waals surface area contributed by atoms with Gasteiger partial charge in [0.15, 0.2) is 0 Å². The second kappa shape index (κ2) is 13.7. The molecule has 5 nitrogen and oxygen atoms in total. The van der Waals surface area contributed by atoms with Crippen LogP contribution in [0.25, 0.3) is 0 Å². The number of rotatable bonds is 10. The quantitative estimate of drug-likeness (QED) is 0.115. The second-order valence-electron chi connectivity index (χ2n) is 16.2. The van der Waals surface area contributed by atoms with Crippen molar-refractivity contribution in [2.75, 3.05) is 0 Å². The molecule has 2 N–H and O–H groups in total.